The third-order valence-corrected chi connectivity index (χ3v) is 5.02. The van der Waals surface area contributed by atoms with Crippen LogP contribution in [0.5, 0.6) is 0 Å². The minimum Gasteiger partial charge on any atom is -0.468 e. The molecular formula is C20H20N4O3. The molecule has 0 aliphatic carbocycles. The fourth-order valence-corrected chi connectivity index (χ4v) is 3.63. The Morgan fingerprint density at radius 1 is 1.22 bits per heavy atom. The molecule has 3 heterocycles. The number of rotatable bonds is 5. The summed E-state index contributed by atoms with van der Waals surface area (Å²) >= 11 is 0. The van der Waals surface area contributed by atoms with Crippen molar-refractivity contribution in [3.8, 4) is 11.4 Å². The highest BCUT2D eigenvalue weighted by molar-refractivity contribution is 5.84. The predicted molar refractivity (Wildman–Crippen MR) is 97.6 cm³/mol. The van der Waals surface area contributed by atoms with Gasteiger partial charge in [0.25, 0.3) is 0 Å². The van der Waals surface area contributed by atoms with Crippen LogP contribution in [0.15, 0.2) is 59.4 Å². The van der Waals surface area contributed by atoms with Gasteiger partial charge >= 0.3 is 5.97 Å². The monoisotopic (exact) mass is 364 g/mol. The fourth-order valence-electron chi connectivity index (χ4n) is 3.63. The van der Waals surface area contributed by atoms with Crippen LogP contribution in [0.25, 0.3) is 11.4 Å². The Kier molecular flexibility index (Phi) is 4.68. The van der Waals surface area contributed by atoms with E-state index >= 15 is 0 Å². The van der Waals surface area contributed by atoms with Crippen molar-refractivity contribution < 1.29 is 14.1 Å². The van der Waals surface area contributed by atoms with Crippen LogP contribution in [-0.4, -0.2) is 46.2 Å². The highest BCUT2D eigenvalue weighted by Crippen LogP contribution is 2.36. The Morgan fingerprint density at radius 2 is 2.00 bits per heavy atom. The number of carbonyl (C=O) groups is 1. The molecule has 1 aliphatic rings. The van der Waals surface area contributed by atoms with E-state index in [9.17, 15) is 4.79 Å². The van der Waals surface area contributed by atoms with Crippen LogP contribution < -0.4 is 0 Å². The van der Waals surface area contributed by atoms with Gasteiger partial charge in [0, 0.05) is 31.0 Å². The maximum atomic E-state index is 12.6. The first-order valence-corrected chi connectivity index (χ1v) is 8.80. The number of hydrogen-bond donors (Lipinski definition) is 0. The number of methoxy groups -OCH3 is 1. The van der Waals surface area contributed by atoms with E-state index in [-0.39, 0.29) is 5.97 Å². The van der Waals surface area contributed by atoms with Gasteiger partial charge in [-0.3, -0.25) is 14.7 Å². The SMILES string of the molecule is COC(=O)C1(c2ccccc2)CCN(Cc2nc(-c3ccncc3)no2)C1. The van der Waals surface area contributed by atoms with Crippen LogP contribution in [0.3, 0.4) is 0 Å². The first kappa shape index (κ1) is 17.4. The van der Waals surface area contributed by atoms with E-state index < -0.39 is 5.41 Å². The maximum Gasteiger partial charge on any atom is 0.317 e. The van der Waals surface area contributed by atoms with Gasteiger partial charge in [0.15, 0.2) is 0 Å². The molecule has 3 aromatic rings. The highest BCUT2D eigenvalue weighted by atomic mass is 16.5. The van der Waals surface area contributed by atoms with Gasteiger partial charge in [0.05, 0.1) is 13.7 Å². The molecule has 4 rings (SSSR count). The molecular weight excluding hydrogens is 344 g/mol. The van der Waals surface area contributed by atoms with Gasteiger partial charge in [-0.25, -0.2) is 0 Å². The summed E-state index contributed by atoms with van der Waals surface area (Å²) < 4.78 is 10.5. The van der Waals surface area contributed by atoms with Crippen molar-refractivity contribution in [1.29, 1.82) is 0 Å². The largest absolute Gasteiger partial charge is 0.468 e. The van der Waals surface area contributed by atoms with Crippen LogP contribution in [0.4, 0.5) is 0 Å². The Morgan fingerprint density at radius 3 is 2.74 bits per heavy atom. The number of benzene rings is 1. The summed E-state index contributed by atoms with van der Waals surface area (Å²) in [5, 5.41) is 4.04. The molecule has 138 valence electrons. The van der Waals surface area contributed by atoms with Gasteiger partial charge in [-0.2, -0.15) is 4.98 Å². The second kappa shape index (κ2) is 7.28. The molecule has 0 bridgehead atoms. The molecule has 7 nitrogen and oxygen atoms in total. The van der Waals surface area contributed by atoms with E-state index in [1.54, 1.807) is 12.4 Å². The van der Waals surface area contributed by atoms with E-state index in [0.717, 1.165) is 17.7 Å². The molecule has 0 saturated carbocycles. The van der Waals surface area contributed by atoms with E-state index in [0.29, 0.717) is 31.2 Å². The van der Waals surface area contributed by atoms with Gasteiger partial charge in [-0.05, 0) is 24.1 Å². The first-order valence-electron chi connectivity index (χ1n) is 8.80. The predicted octanol–water partition coefficient (Wildman–Crippen LogP) is 2.45. The zero-order chi connectivity index (χ0) is 18.7. The van der Waals surface area contributed by atoms with Gasteiger partial charge in [0.2, 0.25) is 11.7 Å². The number of carbonyl (C=O) groups excluding carboxylic acids is 1. The van der Waals surface area contributed by atoms with Crippen LogP contribution in [0, 0.1) is 0 Å². The van der Waals surface area contributed by atoms with Crippen LogP contribution in [-0.2, 0) is 21.5 Å². The molecule has 1 aromatic carbocycles. The van der Waals surface area contributed by atoms with Crippen molar-refractivity contribution in [3.05, 3.63) is 66.3 Å². The molecule has 27 heavy (non-hydrogen) atoms. The third kappa shape index (κ3) is 3.33. The van der Waals surface area contributed by atoms with Crippen LogP contribution in [0.2, 0.25) is 0 Å². The Hall–Kier alpha value is -3.06. The normalized spacial score (nSPS) is 19.9. The topological polar surface area (TPSA) is 81.4 Å². The van der Waals surface area contributed by atoms with E-state index in [1.165, 1.54) is 7.11 Å². The van der Waals surface area contributed by atoms with Gasteiger partial charge < -0.3 is 9.26 Å². The summed E-state index contributed by atoms with van der Waals surface area (Å²) in [6.07, 6.45) is 4.07. The second-order valence-electron chi connectivity index (χ2n) is 6.65. The fraction of sp³-hybridized carbons (Fsp3) is 0.300. The van der Waals surface area contributed by atoms with E-state index in [2.05, 4.69) is 20.0 Å². The Bertz CT molecular complexity index is 913. The number of likely N-dealkylation sites (tertiary alicyclic amines) is 1. The first-order chi connectivity index (χ1) is 13.2. The molecule has 1 fully saturated rings. The smallest absolute Gasteiger partial charge is 0.317 e. The second-order valence-corrected chi connectivity index (χ2v) is 6.65. The summed E-state index contributed by atoms with van der Waals surface area (Å²) in [6.45, 7) is 1.79. The zero-order valence-electron chi connectivity index (χ0n) is 15.0. The molecule has 2 aromatic heterocycles. The molecule has 1 saturated heterocycles. The minimum absolute atomic E-state index is 0.209. The number of esters is 1. The number of aromatic nitrogens is 3. The van der Waals surface area contributed by atoms with Crippen LogP contribution in [0.1, 0.15) is 17.9 Å². The van der Waals surface area contributed by atoms with Crippen molar-refractivity contribution in [3.63, 3.8) is 0 Å². The Labute approximate surface area is 157 Å². The minimum atomic E-state index is -0.663. The molecule has 0 amide bonds. The van der Waals surface area contributed by atoms with Gasteiger partial charge in [0.1, 0.15) is 5.41 Å². The lowest BCUT2D eigenvalue weighted by Crippen LogP contribution is -2.39. The summed E-state index contributed by atoms with van der Waals surface area (Å²) in [5.74, 6) is 0.851. The summed E-state index contributed by atoms with van der Waals surface area (Å²) in [5.41, 5.74) is 1.17. The maximum absolute atomic E-state index is 12.6. The molecule has 0 N–H and O–H groups in total. The molecule has 0 radical (unpaired) electrons. The average molecular weight is 364 g/mol. The molecule has 1 aliphatic heterocycles. The van der Waals surface area contributed by atoms with E-state index in [4.69, 9.17) is 9.26 Å². The van der Waals surface area contributed by atoms with E-state index in [1.807, 2.05) is 42.5 Å². The molecule has 1 unspecified atom stereocenters. The van der Waals surface area contributed by atoms with Crippen LogP contribution >= 0.6 is 0 Å². The number of hydrogen-bond acceptors (Lipinski definition) is 7. The summed E-state index contributed by atoms with van der Waals surface area (Å²) in [6, 6.07) is 13.5. The summed E-state index contributed by atoms with van der Waals surface area (Å²) in [7, 11) is 1.44. The lowest BCUT2D eigenvalue weighted by molar-refractivity contribution is -0.147. The molecule has 0 spiro atoms. The van der Waals surface area contributed by atoms with Gasteiger partial charge in [-0.15, -0.1) is 0 Å². The third-order valence-electron chi connectivity index (χ3n) is 5.02. The average Bonchev–Trinajstić information content (AvgIpc) is 3.37. The standard InChI is InChI=1S/C20H20N4O3/c1-26-19(25)20(16-5-3-2-4-6-16)9-12-24(14-20)13-17-22-18(23-27-17)15-7-10-21-11-8-15/h2-8,10-11H,9,12-14H2,1H3. The zero-order valence-corrected chi connectivity index (χ0v) is 15.0. The Balaban J connectivity index is 1.52. The van der Waals surface area contributed by atoms with Crippen molar-refractivity contribution in [2.24, 2.45) is 0 Å². The number of nitrogens with zero attached hydrogens (tertiary/aromatic N) is 4. The quantitative estimate of drug-likeness (QED) is 0.643. The van der Waals surface area contributed by atoms with Crippen molar-refractivity contribution in [2.45, 2.75) is 18.4 Å². The van der Waals surface area contributed by atoms with Gasteiger partial charge in [-0.1, -0.05) is 35.5 Å². The summed E-state index contributed by atoms with van der Waals surface area (Å²) in [4.78, 5) is 23.2. The number of ether oxygens (including phenoxy) is 1. The highest BCUT2D eigenvalue weighted by Gasteiger charge is 2.47. The molecule has 7 heteroatoms. The van der Waals surface area contributed by atoms with Crippen molar-refractivity contribution in [1.82, 2.24) is 20.0 Å². The lowest BCUT2D eigenvalue weighted by Gasteiger charge is -2.26. The van der Waals surface area contributed by atoms with Crippen molar-refractivity contribution >= 4 is 5.97 Å². The van der Waals surface area contributed by atoms with Crippen molar-refractivity contribution in [2.75, 3.05) is 20.2 Å². The molecule has 1 atom stereocenters. The lowest BCUT2D eigenvalue weighted by atomic mass is 9.79. The number of pyridine rings is 1.